The van der Waals surface area contributed by atoms with E-state index < -0.39 is 0 Å². The minimum absolute atomic E-state index is 0.230. The summed E-state index contributed by atoms with van der Waals surface area (Å²) >= 11 is 0. The summed E-state index contributed by atoms with van der Waals surface area (Å²) in [5.74, 6) is 0.719. The summed E-state index contributed by atoms with van der Waals surface area (Å²) in [6.07, 6.45) is 10.3. The summed E-state index contributed by atoms with van der Waals surface area (Å²) in [7, 11) is 0. The molecule has 1 saturated carbocycles. The van der Waals surface area contributed by atoms with Crippen LogP contribution in [-0.2, 0) is 11.2 Å². The highest BCUT2D eigenvalue weighted by atomic mass is 16.5. The van der Waals surface area contributed by atoms with E-state index in [-0.39, 0.29) is 5.60 Å². The van der Waals surface area contributed by atoms with E-state index in [0.717, 1.165) is 19.1 Å². The predicted molar refractivity (Wildman–Crippen MR) is 82.4 cm³/mol. The van der Waals surface area contributed by atoms with Gasteiger partial charge in [-0.25, -0.2) is 0 Å². The number of fused-ring (bicyclic) bond motifs is 1. The third-order valence-electron chi connectivity index (χ3n) is 5.58. The van der Waals surface area contributed by atoms with E-state index in [1.165, 1.54) is 57.1 Å². The van der Waals surface area contributed by atoms with Gasteiger partial charge in [0.2, 0.25) is 0 Å². The van der Waals surface area contributed by atoms with Crippen LogP contribution in [0.25, 0.3) is 0 Å². The van der Waals surface area contributed by atoms with Crippen molar-refractivity contribution < 1.29 is 4.74 Å². The lowest BCUT2D eigenvalue weighted by atomic mass is 9.78. The largest absolute Gasteiger partial charge is 0.385 e. The van der Waals surface area contributed by atoms with Gasteiger partial charge < -0.3 is 10.1 Å². The average Bonchev–Trinajstić information content (AvgIpc) is 2.94. The highest BCUT2D eigenvalue weighted by Crippen LogP contribution is 2.46. The van der Waals surface area contributed by atoms with Gasteiger partial charge in [0.25, 0.3) is 0 Å². The van der Waals surface area contributed by atoms with Gasteiger partial charge in [-0.15, -0.1) is 0 Å². The summed E-state index contributed by atoms with van der Waals surface area (Å²) in [6, 6.07) is 6.87. The summed E-state index contributed by atoms with van der Waals surface area (Å²) in [6.45, 7) is 2.09. The Balaban J connectivity index is 1.64. The monoisotopic (exact) mass is 271 g/mol. The fourth-order valence-electron chi connectivity index (χ4n) is 4.58. The maximum Gasteiger partial charge on any atom is 0.0688 e. The van der Waals surface area contributed by atoms with Gasteiger partial charge in [-0.05, 0) is 61.6 Å². The second-order valence-electron chi connectivity index (χ2n) is 6.83. The quantitative estimate of drug-likeness (QED) is 0.824. The van der Waals surface area contributed by atoms with Crippen molar-refractivity contribution in [3.05, 3.63) is 29.3 Å². The van der Waals surface area contributed by atoms with Crippen molar-refractivity contribution in [2.24, 2.45) is 0 Å². The van der Waals surface area contributed by atoms with E-state index in [9.17, 15) is 0 Å². The Hall–Kier alpha value is -1.02. The van der Waals surface area contributed by atoms with Crippen molar-refractivity contribution in [3.8, 4) is 0 Å². The molecule has 1 aromatic carbocycles. The van der Waals surface area contributed by atoms with Crippen LogP contribution >= 0.6 is 0 Å². The van der Waals surface area contributed by atoms with Gasteiger partial charge in [-0.3, -0.25) is 0 Å². The molecule has 1 spiro atoms. The first-order valence-corrected chi connectivity index (χ1v) is 8.36. The summed E-state index contributed by atoms with van der Waals surface area (Å²) < 4.78 is 6.21. The van der Waals surface area contributed by atoms with Crippen LogP contribution in [-0.4, -0.2) is 18.8 Å². The molecule has 1 unspecified atom stereocenters. The number of hydrogen-bond donors (Lipinski definition) is 1. The van der Waals surface area contributed by atoms with Crippen molar-refractivity contribution in [3.63, 3.8) is 0 Å². The molecule has 2 nitrogen and oxygen atoms in total. The van der Waals surface area contributed by atoms with Crippen molar-refractivity contribution in [1.82, 2.24) is 0 Å². The van der Waals surface area contributed by atoms with E-state index >= 15 is 0 Å². The number of hydrogen-bond acceptors (Lipinski definition) is 2. The van der Waals surface area contributed by atoms with Gasteiger partial charge in [-0.2, -0.15) is 0 Å². The van der Waals surface area contributed by atoms with Crippen LogP contribution in [0, 0.1) is 0 Å². The number of anilines is 1. The first kappa shape index (κ1) is 12.7. The van der Waals surface area contributed by atoms with Crippen molar-refractivity contribution in [2.45, 2.75) is 62.9 Å². The van der Waals surface area contributed by atoms with E-state index in [4.69, 9.17) is 4.74 Å². The van der Waals surface area contributed by atoms with Crippen LogP contribution in [0.5, 0.6) is 0 Å². The van der Waals surface area contributed by atoms with Gasteiger partial charge in [0.15, 0.2) is 0 Å². The molecule has 2 aliphatic heterocycles. The summed E-state index contributed by atoms with van der Waals surface area (Å²) in [4.78, 5) is 0. The summed E-state index contributed by atoms with van der Waals surface area (Å²) in [5, 5.41) is 3.57. The maximum absolute atomic E-state index is 6.21. The number of rotatable bonds is 1. The third kappa shape index (κ3) is 2.14. The molecule has 2 heteroatoms. The topological polar surface area (TPSA) is 21.3 Å². The molecule has 1 aromatic rings. The third-order valence-corrected chi connectivity index (χ3v) is 5.58. The molecule has 1 atom stereocenters. The van der Waals surface area contributed by atoms with Gasteiger partial charge in [0.05, 0.1) is 5.60 Å². The van der Waals surface area contributed by atoms with Crippen molar-refractivity contribution >= 4 is 5.69 Å². The molecule has 4 rings (SSSR count). The van der Waals surface area contributed by atoms with Crippen LogP contribution in [0.15, 0.2) is 18.2 Å². The highest BCUT2D eigenvalue weighted by molar-refractivity contribution is 5.57. The first-order valence-electron chi connectivity index (χ1n) is 8.36. The minimum Gasteiger partial charge on any atom is -0.385 e. The number of benzene rings is 1. The molecule has 0 radical (unpaired) electrons. The van der Waals surface area contributed by atoms with Crippen LogP contribution in [0.2, 0.25) is 0 Å². The van der Waals surface area contributed by atoms with E-state index in [1.807, 2.05) is 0 Å². The van der Waals surface area contributed by atoms with E-state index in [0.29, 0.717) is 0 Å². The Labute approximate surface area is 121 Å². The minimum atomic E-state index is 0.230. The van der Waals surface area contributed by atoms with Gasteiger partial charge in [0.1, 0.15) is 0 Å². The Bertz CT molecular complexity index is 490. The molecule has 3 aliphatic rings. The lowest BCUT2D eigenvalue weighted by Gasteiger charge is -2.39. The first-order chi connectivity index (χ1) is 9.86. The molecule has 2 fully saturated rings. The second-order valence-corrected chi connectivity index (χ2v) is 6.83. The molecule has 20 heavy (non-hydrogen) atoms. The molecule has 1 N–H and O–H groups in total. The number of nitrogens with one attached hydrogen (secondary N) is 1. The van der Waals surface area contributed by atoms with Crippen LogP contribution in [0.3, 0.4) is 0 Å². The normalized spacial score (nSPS) is 28.1. The zero-order chi connectivity index (χ0) is 13.4. The molecular weight excluding hydrogens is 246 g/mol. The predicted octanol–water partition coefficient (Wildman–Crippen LogP) is 4.25. The smallest absolute Gasteiger partial charge is 0.0688 e. The number of ether oxygens (including phenoxy) is 1. The Morgan fingerprint density at radius 3 is 2.95 bits per heavy atom. The molecule has 0 bridgehead atoms. The average molecular weight is 271 g/mol. The lowest BCUT2D eigenvalue weighted by molar-refractivity contribution is -0.0805. The fourth-order valence-corrected chi connectivity index (χ4v) is 4.58. The van der Waals surface area contributed by atoms with Crippen LogP contribution < -0.4 is 5.32 Å². The molecule has 0 aromatic heterocycles. The van der Waals surface area contributed by atoms with Crippen molar-refractivity contribution in [1.29, 1.82) is 0 Å². The molecular formula is C18H25NO. The fraction of sp³-hybridized carbons (Fsp3) is 0.667. The van der Waals surface area contributed by atoms with Gasteiger partial charge in [0, 0.05) is 18.8 Å². The SMILES string of the molecule is c1cc2c(c(C3CCOC4(CCCC4)C3)c1)CCCN2. The maximum atomic E-state index is 6.21. The molecule has 108 valence electrons. The molecule has 1 aliphatic carbocycles. The molecule has 2 heterocycles. The lowest BCUT2D eigenvalue weighted by Crippen LogP contribution is -2.36. The van der Waals surface area contributed by atoms with E-state index in [2.05, 4.69) is 23.5 Å². The van der Waals surface area contributed by atoms with Crippen LogP contribution in [0.1, 0.15) is 62.0 Å². The van der Waals surface area contributed by atoms with Gasteiger partial charge >= 0.3 is 0 Å². The standard InChI is InChI=1S/C18H25NO/c1-2-10-18(9-1)13-14(8-12-20-18)15-5-3-7-17-16(15)6-4-11-19-17/h3,5,7,14,19H,1-2,4,6,8-13H2. The Kier molecular flexibility index (Phi) is 3.22. The summed E-state index contributed by atoms with van der Waals surface area (Å²) in [5.41, 5.74) is 4.83. The zero-order valence-electron chi connectivity index (χ0n) is 12.3. The van der Waals surface area contributed by atoms with Gasteiger partial charge in [-0.1, -0.05) is 25.0 Å². The van der Waals surface area contributed by atoms with Crippen molar-refractivity contribution in [2.75, 3.05) is 18.5 Å². The Morgan fingerprint density at radius 2 is 2.05 bits per heavy atom. The Morgan fingerprint density at radius 1 is 1.15 bits per heavy atom. The van der Waals surface area contributed by atoms with E-state index in [1.54, 1.807) is 11.1 Å². The molecule has 0 amide bonds. The highest BCUT2D eigenvalue weighted by Gasteiger charge is 2.40. The van der Waals surface area contributed by atoms with Crippen LogP contribution in [0.4, 0.5) is 5.69 Å². The zero-order valence-corrected chi connectivity index (χ0v) is 12.3. The second kappa shape index (κ2) is 5.07. The molecule has 1 saturated heterocycles.